The molecule has 1 aliphatic rings. The van der Waals surface area contributed by atoms with Crippen molar-refractivity contribution in [2.45, 2.75) is 19.4 Å². The normalized spacial score (nSPS) is 20.0. The van der Waals surface area contributed by atoms with Crippen LogP contribution in [-0.2, 0) is 9.84 Å². The Bertz CT molecular complexity index is 796. The molecule has 1 amide bonds. The Kier molecular flexibility index (Phi) is 3.69. The van der Waals surface area contributed by atoms with Crippen LogP contribution in [-0.4, -0.2) is 42.1 Å². The standard InChI is InChI=1S/C14H15N3O4S/c1-9-2-4-10(5-3-9)13-16-17-14(21-13)12(18)15-11-6-7-22(19,20)8-11/h2-5,11H,6-8H2,1H3,(H,15,18). The molecule has 0 bridgehead atoms. The van der Waals surface area contributed by atoms with Gasteiger partial charge in [0.05, 0.1) is 11.5 Å². The zero-order valence-electron chi connectivity index (χ0n) is 11.9. The summed E-state index contributed by atoms with van der Waals surface area (Å²) in [7, 11) is -3.05. The lowest BCUT2D eigenvalue weighted by atomic mass is 10.1. The third kappa shape index (κ3) is 3.16. The third-order valence-corrected chi connectivity index (χ3v) is 5.25. The predicted octanol–water partition coefficient (Wildman–Crippen LogP) is 0.962. The van der Waals surface area contributed by atoms with Gasteiger partial charge in [0.2, 0.25) is 5.89 Å². The van der Waals surface area contributed by atoms with Crippen LogP contribution in [0.1, 0.15) is 22.7 Å². The molecule has 0 saturated carbocycles. The summed E-state index contributed by atoms with van der Waals surface area (Å²) in [6.45, 7) is 1.96. The Balaban J connectivity index is 1.71. The first-order valence-electron chi connectivity index (χ1n) is 6.85. The van der Waals surface area contributed by atoms with Crippen molar-refractivity contribution in [3.8, 4) is 11.5 Å². The van der Waals surface area contributed by atoms with E-state index in [4.69, 9.17) is 4.42 Å². The molecule has 1 aromatic heterocycles. The largest absolute Gasteiger partial charge is 0.412 e. The average Bonchev–Trinajstić information content (AvgIpc) is 3.06. The number of hydrogen-bond donors (Lipinski definition) is 1. The van der Waals surface area contributed by atoms with Gasteiger partial charge in [-0.15, -0.1) is 10.2 Å². The second-order valence-electron chi connectivity index (χ2n) is 5.35. The topological polar surface area (TPSA) is 102 Å². The van der Waals surface area contributed by atoms with E-state index in [2.05, 4.69) is 15.5 Å². The summed E-state index contributed by atoms with van der Waals surface area (Å²) < 4.78 is 28.1. The number of rotatable bonds is 3. The van der Waals surface area contributed by atoms with Crippen molar-refractivity contribution in [3.05, 3.63) is 35.7 Å². The van der Waals surface area contributed by atoms with Crippen molar-refractivity contribution in [2.75, 3.05) is 11.5 Å². The van der Waals surface area contributed by atoms with Crippen molar-refractivity contribution in [1.82, 2.24) is 15.5 Å². The zero-order valence-corrected chi connectivity index (χ0v) is 12.8. The Morgan fingerprint density at radius 2 is 2.00 bits per heavy atom. The molecule has 2 heterocycles. The summed E-state index contributed by atoms with van der Waals surface area (Å²) in [6.07, 6.45) is 0.410. The fraction of sp³-hybridized carbons (Fsp3) is 0.357. The van der Waals surface area contributed by atoms with Gasteiger partial charge >= 0.3 is 11.8 Å². The second-order valence-corrected chi connectivity index (χ2v) is 7.58. The van der Waals surface area contributed by atoms with Crippen LogP contribution in [0.4, 0.5) is 0 Å². The van der Waals surface area contributed by atoms with Crippen LogP contribution in [0.2, 0.25) is 0 Å². The molecular weight excluding hydrogens is 306 g/mol. The van der Waals surface area contributed by atoms with Crippen LogP contribution >= 0.6 is 0 Å². The molecule has 8 heteroatoms. The summed E-state index contributed by atoms with van der Waals surface area (Å²) in [4.78, 5) is 12.0. The number of carbonyl (C=O) groups excluding carboxylic acids is 1. The van der Waals surface area contributed by atoms with Crippen molar-refractivity contribution in [2.24, 2.45) is 0 Å². The fourth-order valence-corrected chi connectivity index (χ4v) is 3.96. The maximum Gasteiger partial charge on any atom is 0.309 e. The predicted molar refractivity (Wildman–Crippen MR) is 79.0 cm³/mol. The number of hydrogen-bond acceptors (Lipinski definition) is 6. The fourth-order valence-electron chi connectivity index (χ4n) is 2.28. The number of amides is 1. The van der Waals surface area contributed by atoms with E-state index >= 15 is 0 Å². The van der Waals surface area contributed by atoms with Crippen LogP contribution in [0.3, 0.4) is 0 Å². The molecule has 1 unspecified atom stereocenters. The molecule has 22 heavy (non-hydrogen) atoms. The summed E-state index contributed by atoms with van der Waals surface area (Å²) >= 11 is 0. The maximum atomic E-state index is 12.0. The van der Waals surface area contributed by atoms with Crippen LogP contribution < -0.4 is 5.32 Å². The number of nitrogens with zero attached hydrogens (tertiary/aromatic N) is 2. The van der Waals surface area contributed by atoms with Gasteiger partial charge in [0.25, 0.3) is 0 Å². The number of sulfone groups is 1. The number of carbonyl (C=O) groups is 1. The lowest BCUT2D eigenvalue weighted by molar-refractivity contribution is 0.0906. The van der Waals surface area contributed by atoms with E-state index in [9.17, 15) is 13.2 Å². The number of aromatic nitrogens is 2. The van der Waals surface area contributed by atoms with Crippen LogP contribution in [0.25, 0.3) is 11.5 Å². The summed E-state index contributed by atoms with van der Waals surface area (Å²) in [5, 5.41) is 10.2. The molecule has 1 aliphatic heterocycles. The van der Waals surface area contributed by atoms with Crippen molar-refractivity contribution in [1.29, 1.82) is 0 Å². The SMILES string of the molecule is Cc1ccc(-c2nnc(C(=O)NC3CCS(=O)(=O)C3)o2)cc1. The lowest BCUT2D eigenvalue weighted by Crippen LogP contribution is -2.35. The van der Waals surface area contributed by atoms with Gasteiger partial charge in [0.1, 0.15) is 0 Å². The van der Waals surface area contributed by atoms with Gasteiger partial charge in [-0.25, -0.2) is 8.42 Å². The smallest absolute Gasteiger partial charge is 0.309 e. The van der Waals surface area contributed by atoms with Gasteiger partial charge in [0, 0.05) is 11.6 Å². The van der Waals surface area contributed by atoms with Gasteiger partial charge in [0.15, 0.2) is 9.84 Å². The van der Waals surface area contributed by atoms with Crippen LogP contribution in [0.5, 0.6) is 0 Å². The minimum atomic E-state index is -3.05. The highest BCUT2D eigenvalue weighted by atomic mass is 32.2. The van der Waals surface area contributed by atoms with E-state index in [0.717, 1.165) is 11.1 Å². The molecule has 7 nitrogen and oxygen atoms in total. The van der Waals surface area contributed by atoms with Crippen molar-refractivity contribution in [3.63, 3.8) is 0 Å². The Hall–Kier alpha value is -2.22. The maximum absolute atomic E-state index is 12.0. The summed E-state index contributed by atoms with van der Waals surface area (Å²) in [5.41, 5.74) is 1.82. The van der Waals surface area contributed by atoms with Crippen LogP contribution in [0.15, 0.2) is 28.7 Å². The minimum absolute atomic E-state index is 0.0440. The number of nitrogens with one attached hydrogen (secondary N) is 1. The molecule has 1 fully saturated rings. The highest BCUT2D eigenvalue weighted by molar-refractivity contribution is 7.91. The molecule has 1 aromatic carbocycles. The van der Waals surface area contributed by atoms with Gasteiger partial charge in [-0.3, -0.25) is 4.79 Å². The zero-order chi connectivity index (χ0) is 15.7. The molecule has 1 saturated heterocycles. The molecule has 1 N–H and O–H groups in total. The highest BCUT2D eigenvalue weighted by Gasteiger charge is 2.30. The van der Waals surface area contributed by atoms with Gasteiger partial charge in [-0.1, -0.05) is 17.7 Å². The molecule has 3 rings (SSSR count). The van der Waals surface area contributed by atoms with Gasteiger partial charge in [-0.05, 0) is 25.5 Å². The van der Waals surface area contributed by atoms with Gasteiger partial charge in [-0.2, -0.15) is 0 Å². The lowest BCUT2D eigenvalue weighted by Gasteiger charge is -2.07. The summed E-state index contributed by atoms with van der Waals surface area (Å²) in [6, 6.07) is 7.07. The summed E-state index contributed by atoms with van der Waals surface area (Å²) in [5.74, 6) is -0.411. The molecule has 116 valence electrons. The van der Waals surface area contributed by atoms with E-state index in [1.807, 2.05) is 31.2 Å². The van der Waals surface area contributed by atoms with Crippen molar-refractivity contribution < 1.29 is 17.6 Å². The highest BCUT2D eigenvalue weighted by Crippen LogP contribution is 2.18. The van der Waals surface area contributed by atoms with E-state index in [1.165, 1.54) is 0 Å². The first kappa shape index (κ1) is 14.7. The molecule has 0 radical (unpaired) electrons. The molecule has 0 spiro atoms. The number of aryl methyl sites for hydroxylation is 1. The molecule has 1 atom stereocenters. The molecule has 0 aliphatic carbocycles. The Morgan fingerprint density at radius 1 is 1.27 bits per heavy atom. The van der Waals surface area contributed by atoms with Crippen LogP contribution in [0, 0.1) is 6.92 Å². The van der Waals surface area contributed by atoms with Gasteiger partial charge < -0.3 is 9.73 Å². The van der Waals surface area contributed by atoms with E-state index in [1.54, 1.807) is 0 Å². The quantitative estimate of drug-likeness (QED) is 0.903. The Labute approximate surface area is 127 Å². The second kappa shape index (κ2) is 5.53. The number of benzene rings is 1. The molecule has 2 aromatic rings. The average molecular weight is 321 g/mol. The Morgan fingerprint density at radius 3 is 2.64 bits per heavy atom. The van der Waals surface area contributed by atoms with Crippen molar-refractivity contribution >= 4 is 15.7 Å². The van der Waals surface area contributed by atoms with E-state index in [-0.39, 0.29) is 23.3 Å². The monoisotopic (exact) mass is 321 g/mol. The first-order valence-corrected chi connectivity index (χ1v) is 8.67. The molecular formula is C14H15N3O4S. The van der Waals surface area contributed by atoms with E-state index in [0.29, 0.717) is 6.42 Å². The minimum Gasteiger partial charge on any atom is -0.412 e. The van der Waals surface area contributed by atoms with E-state index < -0.39 is 21.8 Å². The third-order valence-electron chi connectivity index (χ3n) is 3.49. The first-order chi connectivity index (χ1) is 10.4.